The Morgan fingerprint density at radius 2 is 1.33 bits per heavy atom. The van der Waals surface area contributed by atoms with Crippen LogP contribution in [0.1, 0.15) is 12.8 Å². The summed E-state index contributed by atoms with van der Waals surface area (Å²) in [5, 5.41) is 0. The second-order valence-corrected chi connectivity index (χ2v) is 5.93. The van der Waals surface area contributed by atoms with Crippen LogP contribution in [0.3, 0.4) is 0 Å². The lowest BCUT2D eigenvalue weighted by Crippen LogP contribution is -2.37. The number of rotatable bonds is 6. The smallest absolute Gasteiger partial charge is 0.326 e. The predicted molar refractivity (Wildman–Crippen MR) is 96.9 cm³/mol. The molecule has 2 aromatic carbocycles. The number of imide groups is 1. The van der Waals surface area contributed by atoms with E-state index in [0.717, 1.165) is 4.90 Å². The van der Waals surface area contributed by atoms with E-state index in [1.54, 1.807) is 48.5 Å². The fourth-order valence-corrected chi connectivity index (χ4v) is 2.77. The zero-order chi connectivity index (χ0) is 19.2. The van der Waals surface area contributed by atoms with Gasteiger partial charge in [-0.15, -0.1) is 0 Å². The van der Waals surface area contributed by atoms with E-state index in [1.807, 2.05) is 12.1 Å². The summed E-state index contributed by atoms with van der Waals surface area (Å²) in [6.45, 7) is -0.972. The first-order valence-electron chi connectivity index (χ1n) is 8.48. The number of nitrogens with zero attached hydrogens (tertiary/aromatic N) is 2. The van der Waals surface area contributed by atoms with E-state index in [0.29, 0.717) is 11.4 Å². The minimum absolute atomic E-state index is 0.0981. The lowest BCUT2D eigenvalue weighted by Gasteiger charge is -2.23. The molecule has 0 N–H and O–H groups in total. The number of likely N-dealkylation sites (tertiary alicyclic amines) is 1. The summed E-state index contributed by atoms with van der Waals surface area (Å²) in [5.41, 5.74) is 1.27. The van der Waals surface area contributed by atoms with Crippen molar-refractivity contribution < 1.29 is 23.9 Å². The molecule has 7 heteroatoms. The van der Waals surface area contributed by atoms with Crippen LogP contribution in [0.25, 0.3) is 0 Å². The molecule has 27 heavy (non-hydrogen) atoms. The highest BCUT2D eigenvalue weighted by Crippen LogP contribution is 2.25. The lowest BCUT2D eigenvalue weighted by atomic mass is 10.2. The zero-order valence-corrected chi connectivity index (χ0v) is 14.5. The van der Waals surface area contributed by atoms with Crippen LogP contribution >= 0.6 is 0 Å². The molecule has 3 rings (SSSR count). The Hall–Kier alpha value is -3.48. The van der Waals surface area contributed by atoms with Gasteiger partial charge in [-0.3, -0.25) is 29.0 Å². The standard InChI is InChI=1S/C20H18N2O5/c23-17-11-12-18(24)21(17)13-20(26)27-14-19(25)22(15-7-3-1-4-8-15)16-9-5-2-6-10-16/h1-10H,11-14H2. The van der Waals surface area contributed by atoms with Crippen LogP contribution in [0, 0.1) is 0 Å². The van der Waals surface area contributed by atoms with Crippen LogP contribution in [0.5, 0.6) is 0 Å². The molecule has 2 aromatic rings. The molecular weight excluding hydrogens is 348 g/mol. The first kappa shape index (κ1) is 18.3. The van der Waals surface area contributed by atoms with Crippen molar-refractivity contribution in [1.29, 1.82) is 0 Å². The monoisotopic (exact) mass is 366 g/mol. The molecule has 138 valence electrons. The van der Waals surface area contributed by atoms with E-state index in [-0.39, 0.29) is 12.8 Å². The van der Waals surface area contributed by atoms with E-state index >= 15 is 0 Å². The van der Waals surface area contributed by atoms with Crippen LogP contribution in [-0.4, -0.2) is 41.7 Å². The minimum Gasteiger partial charge on any atom is -0.454 e. The molecule has 0 atom stereocenters. The van der Waals surface area contributed by atoms with Gasteiger partial charge in [0.15, 0.2) is 6.61 Å². The number of hydrogen-bond donors (Lipinski definition) is 0. The Kier molecular flexibility index (Phi) is 5.61. The number of ether oxygens (including phenoxy) is 1. The molecule has 1 aliphatic rings. The normalized spacial score (nSPS) is 13.6. The number of para-hydroxylation sites is 2. The number of amides is 3. The van der Waals surface area contributed by atoms with Gasteiger partial charge in [0.25, 0.3) is 5.91 Å². The van der Waals surface area contributed by atoms with Gasteiger partial charge < -0.3 is 4.74 Å². The molecule has 0 aromatic heterocycles. The van der Waals surface area contributed by atoms with Crippen molar-refractivity contribution in [2.45, 2.75) is 12.8 Å². The molecule has 1 saturated heterocycles. The fraction of sp³-hybridized carbons (Fsp3) is 0.200. The molecular formula is C20H18N2O5. The Morgan fingerprint density at radius 1 is 0.852 bits per heavy atom. The molecule has 1 fully saturated rings. The van der Waals surface area contributed by atoms with Gasteiger partial charge in [-0.1, -0.05) is 36.4 Å². The van der Waals surface area contributed by atoms with E-state index in [1.165, 1.54) is 4.90 Å². The fourth-order valence-electron chi connectivity index (χ4n) is 2.77. The third kappa shape index (κ3) is 4.38. The minimum atomic E-state index is -0.798. The maximum atomic E-state index is 12.7. The highest BCUT2D eigenvalue weighted by atomic mass is 16.5. The summed E-state index contributed by atoms with van der Waals surface area (Å²) in [5.74, 6) is -2.05. The third-order valence-electron chi connectivity index (χ3n) is 4.08. The van der Waals surface area contributed by atoms with Gasteiger partial charge in [0.2, 0.25) is 11.8 Å². The second-order valence-electron chi connectivity index (χ2n) is 5.93. The molecule has 0 saturated carbocycles. The largest absolute Gasteiger partial charge is 0.454 e. The summed E-state index contributed by atoms with van der Waals surface area (Å²) in [7, 11) is 0. The van der Waals surface area contributed by atoms with Gasteiger partial charge >= 0.3 is 5.97 Å². The van der Waals surface area contributed by atoms with Crippen LogP contribution in [0.15, 0.2) is 60.7 Å². The molecule has 1 heterocycles. The maximum Gasteiger partial charge on any atom is 0.326 e. The highest BCUT2D eigenvalue weighted by Gasteiger charge is 2.31. The van der Waals surface area contributed by atoms with E-state index in [2.05, 4.69) is 0 Å². The number of esters is 1. The molecule has 1 aliphatic heterocycles. The molecule has 0 spiro atoms. The van der Waals surface area contributed by atoms with Crippen molar-refractivity contribution in [2.24, 2.45) is 0 Å². The SMILES string of the molecule is O=C(CN1C(=O)CCC1=O)OCC(=O)N(c1ccccc1)c1ccccc1. The maximum absolute atomic E-state index is 12.7. The Balaban J connectivity index is 1.67. The van der Waals surface area contributed by atoms with Gasteiger partial charge in [-0.25, -0.2) is 0 Å². The number of anilines is 2. The summed E-state index contributed by atoms with van der Waals surface area (Å²) < 4.78 is 5.01. The van der Waals surface area contributed by atoms with Gasteiger partial charge in [-0.05, 0) is 24.3 Å². The quantitative estimate of drug-likeness (QED) is 0.577. The first-order chi connectivity index (χ1) is 13.1. The number of carbonyl (C=O) groups excluding carboxylic acids is 4. The molecule has 0 unspecified atom stereocenters. The Morgan fingerprint density at radius 3 is 1.81 bits per heavy atom. The Labute approximate surface area is 156 Å². The average molecular weight is 366 g/mol. The van der Waals surface area contributed by atoms with Crippen molar-refractivity contribution in [3.8, 4) is 0 Å². The molecule has 3 amide bonds. The Bertz CT molecular complexity index is 796. The number of benzene rings is 2. The van der Waals surface area contributed by atoms with Gasteiger partial charge in [0.1, 0.15) is 6.54 Å². The third-order valence-corrected chi connectivity index (χ3v) is 4.08. The molecule has 0 aliphatic carbocycles. The number of hydrogen-bond acceptors (Lipinski definition) is 5. The summed E-state index contributed by atoms with van der Waals surface area (Å²) in [6.07, 6.45) is 0.196. The first-order valence-corrected chi connectivity index (χ1v) is 8.48. The number of carbonyl (C=O) groups is 4. The average Bonchev–Trinajstić information content (AvgIpc) is 3.00. The summed E-state index contributed by atoms with van der Waals surface area (Å²) in [4.78, 5) is 50.1. The zero-order valence-electron chi connectivity index (χ0n) is 14.5. The van der Waals surface area contributed by atoms with Gasteiger partial charge in [-0.2, -0.15) is 0 Å². The van der Waals surface area contributed by atoms with E-state index < -0.39 is 36.8 Å². The summed E-state index contributed by atoms with van der Waals surface area (Å²) in [6, 6.07) is 18.0. The second kappa shape index (κ2) is 8.27. The molecule has 0 bridgehead atoms. The molecule has 7 nitrogen and oxygen atoms in total. The molecule has 0 radical (unpaired) electrons. The van der Waals surface area contributed by atoms with Crippen molar-refractivity contribution in [3.63, 3.8) is 0 Å². The van der Waals surface area contributed by atoms with Crippen LogP contribution < -0.4 is 4.90 Å². The van der Waals surface area contributed by atoms with Crippen molar-refractivity contribution >= 4 is 35.1 Å². The predicted octanol–water partition coefficient (Wildman–Crippen LogP) is 2.04. The van der Waals surface area contributed by atoms with Crippen LogP contribution in [0.4, 0.5) is 11.4 Å². The van der Waals surface area contributed by atoms with Crippen molar-refractivity contribution in [2.75, 3.05) is 18.1 Å². The van der Waals surface area contributed by atoms with Gasteiger partial charge in [0, 0.05) is 24.2 Å². The highest BCUT2D eigenvalue weighted by molar-refractivity contribution is 6.05. The van der Waals surface area contributed by atoms with E-state index in [4.69, 9.17) is 4.74 Å². The van der Waals surface area contributed by atoms with Crippen molar-refractivity contribution in [1.82, 2.24) is 4.90 Å². The van der Waals surface area contributed by atoms with Gasteiger partial charge in [0.05, 0.1) is 0 Å². The van der Waals surface area contributed by atoms with E-state index in [9.17, 15) is 19.2 Å². The van der Waals surface area contributed by atoms with Crippen LogP contribution in [0.2, 0.25) is 0 Å². The lowest BCUT2D eigenvalue weighted by molar-refractivity contribution is -0.153. The van der Waals surface area contributed by atoms with Crippen molar-refractivity contribution in [3.05, 3.63) is 60.7 Å². The topological polar surface area (TPSA) is 84.0 Å². The van der Waals surface area contributed by atoms with Crippen LogP contribution in [-0.2, 0) is 23.9 Å². The summed E-state index contributed by atoms with van der Waals surface area (Å²) >= 11 is 0.